The Morgan fingerprint density at radius 3 is 0.971 bits per heavy atom. The third kappa shape index (κ3) is 55.6. The van der Waals surface area contributed by atoms with Gasteiger partial charge in [0.1, 0.15) is 13.2 Å². The fourth-order valence-electron chi connectivity index (χ4n) is 8.30. The van der Waals surface area contributed by atoms with Gasteiger partial charge in [-0.3, -0.25) is 14.4 Å². The topological polar surface area (TPSA) is 78.9 Å². The molecule has 0 rings (SSSR count). The number of ether oxygens (including phenoxy) is 3. The molecule has 398 valence electrons. The molecular weight excluding hydrogens is 853 g/mol. The molecule has 0 aromatic rings. The van der Waals surface area contributed by atoms with Crippen molar-refractivity contribution in [1.29, 1.82) is 0 Å². The summed E-state index contributed by atoms with van der Waals surface area (Å²) in [4.78, 5) is 38.1. The third-order valence-electron chi connectivity index (χ3n) is 12.7. The predicted molar refractivity (Wildman–Crippen MR) is 298 cm³/mol. The van der Waals surface area contributed by atoms with E-state index in [1.807, 2.05) is 0 Å². The molecule has 69 heavy (non-hydrogen) atoms. The second-order valence-electron chi connectivity index (χ2n) is 19.5. The van der Waals surface area contributed by atoms with Crippen molar-refractivity contribution < 1.29 is 28.6 Å². The highest BCUT2D eigenvalue weighted by molar-refractivity contribution is 5.71. The average Bonchev–Trinajstić information content (AvgIpc) is 3.35. The number of hydrogen-bond acceptors (Lipinski definition) is 6. The first-order chi connectivity index (χ1) is 34.0. The molecule has 0 radical (unpaired) electrons. The van der Waals surface area contributed by atoms with Crippen LogP contribution < -0.4 is 0 Å². The minimum atomic E-state index is -0.794. The molecule has 0 amide bonds. The van der Waals surface area contributed by atoms with E-state index in [1.165, 1.54) is 135 Å². The summed E-state index contributed by atoms with van der Waals surface area (Å²) in [6.45, 7) is 6.46. The Hall–Kier alpha value is -3.15. The molecule has 1 unspecified atom stereocenters. The van der Waals surface area contributed by atoms with Crippen LogP contribution in [0.4, 0.5) is 0 Å². The highest BCUT2D eigenvalue weighted by atomic mass is 16.6. The van der Waals surface area contributed by atoms with Crippen LogP contribution in [0.2, 0.25) is 0 Å². The molecule has 6 heteroatoms. The molecular formula is C63H110O6. The minimum absolute atomic E-state index is 0.0893. The number of rotatable bonds is 53. The lowest BCUT2D eigenvalue weighted by atomic mass is 10.0. The van der Waals surface area contributed by atoms with Gasteiger partial charge >= 0.3 is 17.9 Å². The molecule has 0 N–H and O–H groups in total. The van der Waals surface area contributed by atoms with Gasteiger partial charge in [-0.25, -0.2) is 0 Å². The Morgan fingerprint density at radius 2 is 0.594 bits per heavy atom. The van der Waals surface area contributed by atoms with Crippen LogP contribution in [0.1, 0.15) is 290 Å². The van der Waals surface area contributed by atoms with Crippen molar-refractivity contribution in [1.82, 2.24) is 0 Å². The summed E-state index contributed by atoms with van der Waals surface area (Å²) >= 11 is 0. The predicted octanol–water partition coefficient (Wildman–Crippen LogP) is 19.8. The summed E-state index contributed by atoms with van der Waals surface area (Å²) in [5.41, 5.74) is 0. The van der Waals surface area contributed by atoms with Gasteiger partial charge in [0.25, 0.3) is 0 Å². The summed E-state index contributed by atoms with van der Waals surface area (Å²) in [6.07, 6.45) is 73.4. The maximum absolute atomic E-state index is 12.8. The van der Waals surface area contributed by atoms with E-state index in [4.69, 9.17) is 14.2 Å². The largest absolute Gasteiger partial charge is 0.462 e. The van der Waals surface area contributed by atoms with Crippen molar-refractivity contribution in [3.8, 4) is 0 Å². The fourth-order valence-corrected chi connectivity index (χ4v) is 8.30. The molecule has 6 nitrogen and oxygen atoms in total. The van der Waals surface area contributed by atoms with Crippen molar-refractivity contribution in [2.45, 2.75) is 297 Å². The van der Waals surface area contributed by atoms with Crippen LogP contribution in [0, 0.1) is 0 Å². The van der Waals surface area contributed by atoms with Crippen LogP contribution in [-0.2, 0) is 28.6 Å². The fraction of sp³-hybridized carbons (Fsp3) is 0.762. The number of carbonyl (C=O) groups is 3. The van der Waals surface area contributed by atoms with E-state index in [-0.39, 0.29) is 37.5 Å². The summed E-state index contributed by atoms with van der Waals surface area (Å²) < 4.78 is 16.8. The Labute approximate surface area is 427 Å². The van der Waals surface area contributed by atoms with Crippen LogP contribution >= 0.6 is 0 Å². The second-order valence-corrected chi connectivity index (χ2v) is 19.5. The van der Waals surface area contributed by atoms with Crippen LogP contribution in [-0.4, -0.2) is 37.2 Å². The normalized spacial score (nSPS) is 12.6. The molecule has 1 atom stereocenters. The van der Waals surface area contributed by atoms with Gasteiger partial charge in [-0.15, -0.1) is 0 Å². The molecule has 0 bridgehead atoms. The van der Waals surface area contributed by atoms with Gasteiger partial charge in [0.2, 0.25) is 0 Å². The van der Waals surface area contributed by atoms with E-state index in [9.17, 15) is 14.4 Å². The first-order valence-corrected chi connectivity index (χ1v) is 29.4. The smallest absolute Gasteiger partial charge is 0.306 e. The molecule has 0 aliphatic heterocycles. The monoisotopic (exact) mass is 963 g/mol. The molecule has 0 aliphatic rings. The quantitative estimate of drug-likeness (QED) is 0.0262. The Morgan fingerprint density at radius 1 is 0.304 bits per heavy atom. The zero-order chi connectivity index (χ0) is 50.0. The Kier molecular flexibility index (Phi) is 54.8. The molecule has 0 saturated heterocycles. The zero-order valence-electron chi connectivity index (χ0n) is 45.6. The van der Waals surface area contributed by atoms with Crippen LogP contribution in [0.15, 0.2) is 72.9 Å². The first kappa shape index (κ1) is 65.8. The van der Waals surface area contributed by atoms with Gasteiger partial charge in [-0.2, -0.15) is 0 Å². The average molecular weight is 964 g/mol. The molecule has 0 fully saturated rings. The minimum Gasteiger partial charge on any atom is -0.462 e. The van der Waals surface area contributed by atoms with Crippen molar-refractivity contribution in [2.24, 2.45) is 0 Å². The van der Waals surface area contributed by atoms with Crippen LogP contribution in [0.3, 0.4) is 0 Å². The molecule has 0 spiro atoms. The molecule has 0 aliphatic carbocycles. The van der Waals surface area contributed by atoms with E-state index >= 15 is 0 Å². The van der Waals surface area contributed by atoms with Gasteiger partial charge in [0, 0.05) is 19.3 Å². The van der Waals surface area contributed by atoms with E-state index in [0.717, 1.165) is 116 Å². The third-order valence-corrected chi connectivity index (χ3v) is 12.7. The van der Waals surface area contributed by atoms with Crippen molar-refractivity contribution in [2.75, 3.05) is 13.2 Å². The van der Waals surface area contributed by atoms with Crippen molar-refractivity contribution >= 4 is 17.9 Å². The van der Waals surface area contributed by atoms with Gasteiger partial charge < -0.3 is 14.2 Å². The number of allylic oxidation sites excluding steroid dienone is 12. The summed E-state index contributed by atoms with van der Waals surface area (Å²) in [7, 11) is 0. The number of hydrogen-bond donors (Lipinski definition) is 0. The van der Waals surface area contributed by atoms with E-state index in [0.29, 0.717) is 12.8 Å². The van der Waals surface area contributed by atoms with Crippen molar-refractivity contribution in [3.63, 3.8) is 0 Å². The van der Waals surface area contributed by atoms with Gasteiger partial charge in [0.05, 0.1) is 0 Å². The highest BCUT2D eigenvalue weighted by Gasteiger charge is 2.19. The van der Waals surface area contributed by atoms with E-state index in [2.05, 4.69) is 93.7 Å². The van der Waals surface area contributed by atoms with E-state index < -0.39 is 6.10 Å². The SMILES string of the molecule is CC/C=C\C/C=C\C/C=C\C/C=C\C/C=C\CCCCCC(=O)OC(COC(=O)CCCCCCC/C=C\CCC)COC(=O)CCCCCCCCCCCCCCCCCCCCCCCC. The maximum Gasteiger partial charge on any atom is 0.306 e. The van der Waals surface area contributed by atoms with Gasteiger partial charge in [-0.1, -0.05) is 261 Å². The molecule has 0 aromatic heterocycles. The Bertz CT molecular complexity index is 1290. The Balaban J connectivity index is 4.31. The summed E-state index contributed by atoms with van der Waals surface area (Å²) in [5, 5.41) is 0. The maximum atomic E-state index is 12.8. The van der Waals surface area contributed by atoms with E-state index in [1.54, 1.807) is 0 Å². The van der Waals surface area contributed by atoms with Crippen LogP contribution in [0.25, 0.3) is 0 Å². The lowest BCUT2D eigenvalue weighted by Gasteiger charge is -2.18. The van der Waals surface area contributed by atoms with Crippen LogP contribution in [0.5, 0.6) is 0 Å². The lowest BCUT2D eigenvalue weighted by Crippen LogP contribution is -2.30. The number of esters is 3. The molecule has 0 aromatic carbocycles. The molecule has 0 heterocycles. The van der Waals surface area contributed by atoms with Gasteiger partial charge in [0.15, 0.2) is 6.10 Å². The number of unbranched alkanes of at least 4 members (excludes halogenated alkanes) is 30. The number of carbonyl (C=O) groups excluding carboxylic acids is 3. The summed E-state index contributed by atoms with van der Waals surface area (Å²) in [5.74, 6) is -0.924. The molecule has 0 saturated carbocycles. The first-order valence-electron chi connectivity index (χ1n) is 29.4. The standard InChI is InChI=1S/C63H110O6/c1-4-7-10-13-16-19-22-24-26-28-30-31-32-34-35-37-39-41-44-47-50-53-56-62(65)68-59-60(58-67-61(64)55-52-49-46-43-21-18-15-12-9-6-3)69-63(66)57-54-51-48-45-42-40-38-36-33-29-27-25-23-20-17-14-11-8-5-2/h8,11-12,15,17,20,25,27,33,36,40,42,60H,4-7,9-10,13-14,16,18-19,21-24,26,28-32,34-35,37-39,41,43-59H2,1-3H3/b11-8-,15-12-,20-17-,27-25-,36-33-,42-40-. The summed E-state index contributed by atoms with van der Waals surface area (Å²) in [6, 6.07) is 0. The second kappa shape index (κ2) is 57.4. The lowest BCUT2D eigenvalue weighted by molar-refractivity contribution is -0.167. The zero-order valence-corrected chi connectivity index (χ0v) is 45.6. The van der Waals surface area contributed by atoms with Crippen molar-refractivity contribution in [3.05, 3.63) is 72.9 Å². The van der Waals surface area contributed by atoms with Gasteiger partial charge in [-0.05, 0) is 83.5 Å². The highest BCUT2D eigenvalue weighted by Crippen LogP contribution is 2.17.